The normalized spacial score (nSPS) is 22.8. The number of fused-ring (bicyclic) bond motifs is 1. The maximum absolute atomic E-state index is 6.21. The van der Waals surface area contributed by atoms with Crippen molar-refractivity contribution in [2.45, 2.75) is 31.4 Å². The Hall–Kier alpha value is -1.32. The van der Waals surface area contributed by atoms with Gasteiger partial charge < -0.3 is 14.9 Å². The van der Waals surface area contributed by atoms with Crippen LogP contribution in [0.4, 0.5) is 0 Å². The van der Waals surface area contributed by atoms with E-state index in [0.29, 0.717) is 0 Å². The van der Waals surface area contributed by atoms with Crippen molar-refractivity contribution in [1.82, 2.24) is 0 Å². The van der Waals surface area contributed by atoms with E-state index in [1.165, 1.54) is 6.42 Å². The SMILES string of the molecule is NC(c1cc2ccccc2o1)C1CCCCO1. The molecular formula is C14H17NO2. The Morgan fingerprint density at radius 1 is 1.24 bits per heavy atom. The molecule has 0 aliphatic carbocycles. The molecule has 0 radical (unpaired) electrons. The number of rotatable bonds is 2. The van der Waals surface area contributed by atoms with Crippen LogP contribution in [0.1, 0.15) is 31.1 Å². The quantitative estimate of drug-likeness (QED) is 0.864. The highest BCUT2D eigenvalue weighted by molar-refractivity contribution is 5.77. The summed E-state index contributed by atoms with van der Waals surface area (Å²) < 4.78 is 11.5. The molecule has 0 saturated carbocycles. The second kappa shape index (κ2) is 4.51. The van der Waals surface area contributed by atoms with Crippen LogP contribution in [0.2, 0.25) is 0 Å². The van der Waals surface area contributed by atoms with Gasteiger partial charge in [-0.1, -0.05) is 18.2 Å². The molecule has 1 aliphatic heterocycles. The van der Waals surface area contributed by atoms with Crippen molar-refractivity contribution in [2.75, 3.05) is 6.61 Å². The first kappa shape index (κ1) is 10.8. The molecule has 2 unspecified atom stereocenters. The first-order chi connectivity index (χ1) is 8.34. The summed E-state index contributed by atoms with van der Waals surface area (Å²) in [7, 11) is 0. The zero-order chi connectivity index (χ0) is 11.7. The van der Waals surface area contributed by atoms with E-state index in [1.807, 2.05) is 30.3 Å². The van der Waals surface area contributed by atoms with Gasteiger partial charge in [-0.2, -0.15) is 0 Å². The minimum atomic E-state index is -0.150. The van der Waals surface area contributed by atoms with Crippen molar-refractivity contribution >= 4 is 11.0 Å². The monoisotopic (exact) mass is 231 g/mol. The Bertz CT molecular complexity index is 467. The predicted molar refractivity (Wildman–Crippen MR) is 66.7 cm³/mol. The summed E-state index contributed by atoms with van der Waals surface area (Å²) in [5, 5.41) is 1.11. The molecule has 3 rings (SSSR count). The minimum absolute atomic E-state index is 0.101. The van der Waals surface area contributed by atoms with Gasteiger partial charge in [-0.25, -0.2) is 0 Å². The van der Waals surface area contributed by atoms with Gasteiger partial charge in [0.25, 0.3) is 0 Å². The zero-order valence-corrected chi connectivity index (χ0v) is 9.76. The molecule has 0 amide bonds. The molecule has 1 saturated heterocycles. The largest absolute Gasteiger partial charge is 0.459 e. The number of hydrogen-bond donors (Lipinski definition) is 1. The smallest absolute Gasteiger partial charge is 0.134 e. The van der Waals surface area contributed by atoms with Crippen LogP contribution in [0.15, 0.2) is 34.7 Å². The number of hydrogen-bond acceptors (Lipinski definition) is 3. The van der Waals surface area contributed by atoms with Crippen LogP contribution in [-0.2, 0) is 4.74 Å². The second-order valence-electron chi connectivity index (χ2n) is 4.62. The van der Waals surface area contributed by atoms with Gasteiger partial charge in [0.15, 0.2) is 0 Å². The Morgan fingerprint density at radius 2 is 2.12 bits per heavy atom. The van der Waals surface area contributed by atoms with E-state index < -0.39 is 0 Å². The van der Waals surface area contributed by atoms with Crippen LogP contribution < -0.4 is 5.73 Å². The molecule has 1 aromatic carbocycles. The lowest BCUT2D eigenvalue weighted by atomic mass is 10.0. The molecule has 2 N–H and O–H groups in total. The van der Waals surface area contributed by atoms with E-state index in [0.717, 1.165) is 36.2 Å². The van der Waals surface area contributed by atoms with Gasteiger partial charge >= 0.3 is 0 Å². The lowest BCUT2D eigenvalue weighted by Gasteiger charge is -2.26. The van der Waals surface area contributed by atoms with Crippen LogP contribution in [0.25, 0.3) is 11.0 Å². The van der Waals surface area contributed by atoms with E-state index in [-0.39, 0.29) is 12.1 Å². The maximum Gasteiger partial charge on any atom is 0.134 e. The molecule has 0 bridgehead atoms. The lowest BCUT2D eigenvalue weighted by Crippen LogP contribution is -2.31. The summed E-state index contributed by atoms with van der Waals surface area (Å²) in [5.74, 6) is 0.832. The molecule has 0 spiro atoms. The average molecular weight is 231 g/mol. The van der Waals surface area contributed by atoms with Crippen molar-refractivity contribution in [3.05, 3.63) is 36.1 Å². The van der Waals surface area contributed by atoms with Gasteiger partial charge in [-0.15, -0.1) is 0 Å². The Balaban J connectivity index is 1.86. The Labute approximate surface area is 101 Å². The number of ether oxygens (including phenoxy) is 1. The molecule has 2 heterocycles. The number of para-hydroxylation sites is 1. The standard InChI is InChI=1S/C14H17NO2/c15-14(12-7-3-4-8-16-12)13-9-10-5-1-2-6-11(10)17-13/h1-2,5-6,9,12,14H,3-4,7-8,15H2. The fourth-order valence-electron chi connectivity index (χ4n) is 2.40. The minimum Gasteiger partial charge on any atom is -0.459 e. The fourth-order valence-corrected chi connectivity index (χ4v) is 2.40. The highest BCUT2D eigenvalue weighted by atomic mass is 16.5. The highest BCUT2D eigenvalue weighted by Gasteiger charge is 2.25. The third-order valence-corrected chi connectivity index (χ3v) is 3.39. The fraction of sp³-hybridized carbons (Fsp3) is 0.429. The first-order valence-electron chi connectivity index (χ1n) is 6.20. The first-order valence-corrected chi connectivity index (χ1v) is 6.20. The van der Waals surface area contributed by atoms with Crippen LogP contribution in [0.3, 0.4) is 0 Å². The summed E-state index contributed by atoms with van der Waals surface area (Å²) in [6.45, 7) is 0.818. The van der Waals surface area contributed by atoms with Gasteiger partial charge in [0.1, 0.15) is 11.3 Å². The Morgan fingerprint density at radius 3 is 2.88 bits per heavy atom. The van der Waals surface area contributed by atoms with Crippen molar-refractivity contribution in [3.63, 3.8) is 0 Å². The van der Waals surface area contributed by atoms with Crippen LogP contribution >= 0.6 is 0 Å². The van der Waals surface area contributed by atoms with E-state index >= 15 is 0 Å². The third-order valence-electron chi connectivity index (χ3n) is 3.39. The topological polar surface area (TPSA) is 48.4 Å². The number of nitrogens with two attached hydrogens (primary N) is 1. The Kier molecular flexibility index (Phi) is 2.87. The molecule has 2 atom stereocenters. The van der Waals surface area contributed by atoms with Gasteiger partial charge in [-0.3, -0.25) is 0 Å². The lowest BCUT2D eigenvalue weighted by molar-refractivity contribution is -0.00361. The summed E-state index contributed by atoms with van der Waals surface area (Å²) >= 11 is 0. The van der Waals surface area contributed by atoms with E-state index in [2.05, 4.69) is 0 Å². The molecule has 90 valence electrons. The predicted octanol–water partition coefficient (Wildman–Crippen LogP) is 3.00. The van der Waals surface area contributed by atoms with Crippen molar-refractivity contribution in [2.24, 2.45) is 5.73 Å². The van der Waals surface area contributed by atoms with E-state index in [4.69, 9.17) is 14.9 Å². The van der Waals surface area contributed by atoms with Gasteiger partial charge in [-0.05, 0) is 31.4 Å². The van der Waals surface area contributed by atoms with Crippen molar-refractivity contribution < 1.29 is 9.15 Å². The second-order valence-corrected chi connectivity index (χ2v) is 4.62. The molecule has 1 aromatic heterocycles. The molecule has 2 aromatic rings. The van der Waals surface area contributed by atoms with Gasteiger partial charge in [0.2, 0.25) is 0 Å². The summed E-state index contributed by atoms with van der Waals surface area (Å²) in [6.07, 6.45) is 3.46. The summed E-state index contributed by atoms with van der Waals surface area (Å²) in [6, 6.07) is 9.85. The molecular weight excluding hydrogens is 214 g/mol. The van der Waals surface area contributed by atoms with E-state index in [9.17, 15) is 0 Å². The van der Waals surface area contributed by atoms with Crippen molar-refractivity contribution in [3.8, 4) is 0 Å². The van der Waals surface area contributed by atoms with Gasteiger partial charge in [0.05, 0.1) is 12.1 Å². The van der Waals surface area contributed by atoms with Gasteiger partial charge in [0, 0.05) is 12.0 Å². The molecule has 3 heteroatoms. The van der Waals surface area contributed by atoms with E-state index in [1.54, 1.807) is 0 Å². The van der Waals surface area contributed by atoms with Crippen molar-refractivity contribution in [1.29, 1.82) is 0 Å². The molecule has 1 aliphatic rings. The van der Waals surface area contributed by atoms with Crippen LogP contribution in [0.5, 0.6) is 0 Å². The molecule has 3 nitrogen and oxygen atoms in total. The van der Waals surface area contributed by atoms with Crippen LogP contribution in [-0.4, -0.2) is 12.7 Å². The average Bonchev–Trinajstić information content (AvgIpc) is 2.82. The highest BCUT2D eigenvalue weighted by Crippen LogP contribution is 2.28. The van der Waals surface area contributed by atoms with Crippen LogP contribution in [0, 0.1) is 0 Å². The number of furan rings is 1. The zero-order valence-electron chi connectivity index (χ0n) is 9.76. The molecule has 17 heavy (non-hydrogen) atoms. The summed E-state index contributed by atoms with van der Waals surface area (Å²) in [4.78, 5) is 0. The molecule has 1 fully saturated rings. The third kappa shape index (κ3) is 2.08. The number of benzene rings is 1. The maximum atomic E-state index is 6.21. The summed E-state index contributed by atoms with van der Waals surface area (Å²) in [5.41, 5.74) is 7.11.